The van der Waals surface area contributed by atoms with Crippen LogP contribution in [-0.2, 0) is 4.74 Å². The van der Waals surface area contributed by atoms with Gasteiger partial charge in [0.15, 0.2) is 0 Å². The van der Waals surface area contributed by atoms with Crippen molar-refractivity contribution in [3.8, 4) is 0 Å². The van der Waals surface area contributed by atoms with Gasteiger partial charge in [-0.25, -0.2) is 4.79 Å². The van der Waals surface area contributed by atoms with Gasteiger partial charge in [0.2, 0.25) is 0 Å². The van der Waals surface area contributed by atoms with Crippen LogP contribution in [-0.4, -0.2) is 40.7 Å². The number of ether oxygens (including phenoxy) is 1. The van der Waals surface area contributed by atoms with Crippen molar-refractivity contribution in [2.24, 2.45) is 17.8 Å². The predicted octanol–water partition coefficient (Wildman–Crippen LogP) is 3.65. The minimum atomic E-state index is -0.389. The monoisotopic (exact) mass is 387 g/mol. The third kappa shape index (κ3) is 2.70. The number of rotatable bonds is 4. The van der Waals surface area contributed by atoms with Crippen LogP contribution in [0.3, 0.4) is 0 Å². The van der Waals surface area contributed by atoms with Crippen molar-refractivity contribution in [1.82, 2.24) is 4.90 Å². The number of carbonyl (C=O) groups is 3. The van der Waals surface area contributed by atoms with Crippen LogP contribution in [0, 0.1) is 17.8 Å². The van der Waals surface area contributed by atoms with Crippen LogP contribution in [0.25, 0.3) is 0 Å². The Hall–Kier alpha value is -1.88. The van der Waals surface area contributed by atoms with E-state index in [1.165, 1.54) is 25.3 Å². The molecule has 0 atom stereocenters. The molecule has 4 saturated carbocycles. The molecule has 142 valence electrons. The second-order valence-corrected chi connectivity index (χ2v) is 9.08. The van der Waals surface area contributed by atoms with Gasteiger partial charge in [-0.3, -0.25) is 14.5 Å². The van der Waals surface area contributed by atoms with Crippen molar-refractivity contribution >= 4 is 29.4 Å². The quantitative estimate of drug-likeness (QED) is 0.449. The summed E-state index contributed by atoms with van der Waals surface area (Å²) in [4.78, 5) is 38.8. The van der Waals surface area contributed by atoms with Gasteiger partial charge >= 0.3 is 5.97 Å². The molecule has 0 radical (unpaired) electrons. The number of amides is 2. The Balaban J connectivity index is 1.38. The number of hydrogen-bond acceptors (Lipinski definition) is 4. The largest absolute Gasteiger partial charge is 0.455 e. The minimum absolute atomic E-state index is 0.168. The topological polar surface area (TPSA) is 63.7 Å². The summed E-state index contributed by atoms with van der Waals surface area (Å²) in [5.74, 6) is 1.13. The number of imide groups is 1. The standard InChI is InChI=1S/C21H22ClNO4/c22-3-4-23-18(24)16-2-1-15(8-17(16)19(23)25)20(26)27-21-9-12-5-13(10-21)7-14(6-12)11-21/h1-2,8,12-14H,3-7,9-11H2. The number of alkyl halides is 1. The number of carbonyl (C=O) groups excluding carboxylic acids is 3. The Kier molecular flexibility index (Phi) is 3.87. The lowest BCUT2D eigenvalue weighted by Gasteiger charge is -2.55. The lowest BCUT2D eigenvalue weighted by Crippen LogP contribution is -2.52. The maximum absolute atomic E-state index is 12.9. The molecule has 1 aliphatic heterocycles. The molecule has 4 aliphatic carbocycles. The molecule has 2 amide bonds. The van der Waals surface area contributed by atoms with Crippen LogP contribution in [0.4, 0.5) is 0 Å². The predicted molar refractivity (Wildman–Crippen MR) is 98.8 cm³/mol. The first-order chi connectivity index (χ1) is 13.0. The normalized spacial score (nSPS) is 33.5. The summed E-state index contributed by atoms with van der Waals surface area (Å²) in [7, 11) is 0. The molecule has 6 heteroatoms. The van der Waals surface area contributed by atoms with Gasteiger partial charge in [-0.2, -0.15) is 0 Å². The van der Waals surface area contributed by atoms with Crippen molar-refractivity contribution in [2.45, 2.75) is 44.1 Å². The first-order valence-corrected chi connectivity index (χ1v) is 10.3. The summed E-state index contributed by atoms with van der Waals surface area (Å²) in [6.45, 7) is 0.168. The van der Waals surface area contributed by atoms with Gasteiger partial charge in [-0.05, 0) is 74.5 Å². The maximum Gasteiger partial charge on any atom is 0.338 e. The Morgan fingerprint density at radius 3 is 2.22 bits per heavy atom. The molecule has 1 heterocycles. The van der Waals surface area contributed by atoms with Crippen LogP contribution in [0.15, 0.2) is 18.2 Å². The molecule has 27 heavy (non-hydrogen) atoms. The van der Waals surface area contributed by atoms with E-state index in [0.717, 1.165) is 24.2 Å². The second-order valence-electron chi connectivity index (χ2n) is 8.70. The van der Waals surface area contributed by atoms with Gasteiger partial charge in [0.1, 0.15) is 5.60 Å². The van der Waals surface area contributed by atoms with E-state index in [1.807, 2.05) is 0 Å². The summed E-state index contributed by atoms with van der Waals surface area (Å²) in [6.07, 6.45) is 6.75. The highest BCUT2D eigenvalue weighted by molar-refractivity contribution is 6.23. The molecule has 1 aromatic carbocycles. The van der Waals surface area contributed by atoms with Gasteiger partial charge < -0.3 is 4.74 Å². The Morgan fingerprint density at radius 1 is 1.04 bits per heavy atom. The zero-order valence-corrected chi connectivity index (χ0v) is 15.8. The molecule has 5 aliphatic rings. The van der Waals surface area contributed by atoms with Crippen LogP contribution in [0.5, 0.6) is 0 Å². The van der Waals surface area contributed by atoms with E-state index < -0.39 is 0 Å². The zero-order valence-electron chi connectivity index (χ0n) is 15.1. The lowest BCUT2D eigenvalue weighted by atomic mass is 9.54. The lowest BCUT2D eigenvalue weighted by molar-refractivity contribution is -0.131. The molecular formula is C21H22ClNO4. The summed E-state index contributed by atoms with van der Waals surface area (Å²) >= 11 is 5.69. The van der Waals surface area contributed by atoms with Crippen LogP contribution >= 0.6 is 11.6 Å². The van der Waals surface area contributed by atoms with E-state index in [0.29, 0.717) is 28.9 Å². The van der Waals surface area contributed by atoms with Crippen molar-refractivity contribution < 1.29 is 19.1 Å². The number of nitrogens with zero attached hydrogens (tertiary/aromatic N) is 1. The zero-order chi connectivity index (χ0) is 18.8. The number of hydrogen-bond donors (Lipinski definition) is 0. The fraction of sp³-hybridized carbons (Fsp3) is 0.571. The van der Waals surface area contributed by atoms with E-state index in [4.69, 9.17) is 16.3 Å². The molecule has 4 bridgehead atoms. The molecule has 0 aromatic heterocycles. The smallest absolute Gasteiger partial charge is 0.338 e. The highest BCUT2D eigenvalue weighted by atomic mass is 35.5. The molecule has 0 unspecified atom stereocenters. The van der Waals surface area contributed by atoms with E-state index in [-0.39, 0.29) is 41.4 Å². The van der Waals surface area contributed by atoms with E-state index in [9.17, 15) is 14.4 Å². The van der Waals surface area contributed by atoms with Crippen molar-refractivity contribution in [3.63, 3.8) is 0 Å². The Morgan fingerprint density at radius 2 is 1.63 bits per heavy atom. The van der Waals surface area contributed by atoms with Gasteiger partial charge in [0.25, 0.3) is 11.8 Å². The third-order valence-corrected chi connectivity index (χ3v) is 6.97. The molecule has 6 rings (SSSR count). The van der Waals surface area contributed by atoms with Crippen molar-refractivity contribution in [1.29, 1.82) is 0 Å². The van der Waals surface area contributed by atoms with Crippen LogP contribution < -0.4 is 0 Å². The molecule has 0 saturated heterocycles. The Bertz CT molecular complexity index is 813. The minimum Gasteiger partial charge on any atom is -0.455 e. The highest BCUT2D eigenvalue weighted by Crippen LogP contribution is 2.57. The average molecular weight is 388 g/mol. The summed E-state index contributed by atoms with van der Waals surface area (Å²) in [6, 6.07) is 4.66. The molecule has 4 fully saturated rings. The number of fused-ring (bicyclic) bond motifs is 1. The van der Waals surface area contributed by atoms with Crippen LogP contribution in [0.2, 0.25) is 0 Å². The van der Waals surface area contributed by atoms with Gasteiger partial charge in [0.05, 0.1) is 16.7 Å². The van der Waals surface area contributed by atoms with E-state index >= 15 is 0 Å². The molecule has 5 nitrogen and oxygen atoms in total. The fourth-order valence-corrected chi connectivity index (χ4v) is 6.29. The number of benzene rings is 1. The van der Waals surface area contributed by atoms with Gasteiger partial charge in [-0.15, -0.1) is 11.6 Å². The van der Waals surface area contributed by atoms with Crippen molar-refractivity contribution in [3.05, 3.63) is 34.9 Å². The summed E-state index contributed by atoms with van der Waals surface area (Å²) < 4.78 is 6.06. The SMILES string of the molecule is O=C(OC12CC3CC(CC(C3)C1)C2)c1ccc2c(c1)C(=O)N(CCCl)C2=O. The first kappa shape index (κ1) is 17.2. The third-order valence-electron chi connectivity index (χ3n) is 6.81. The molecular weight excluding hydrogens is 366 g/mol. The maximum atomic E-state index is 12.9. The van der Waals surface area contributed by atoms with E-state index in [1.54, 1.807) is 12.1 Å². The van der Waals surface area contributed by atoms with Gasteiger partial charge in [0, 0.05) is 12.4 Å². The molecule has 1 aromatic rings. The van der Waals surface area contributed by atoms with Crippen molar-refractivity contribution in [2.75, 3.05) is 12.4 Å². The molecule has 0 spiro atoms. The summed E-state index contributed by atoms with van der Waals surface area (Å²) in [5, 5.41) is 0. The highest BCUT2D eigenvalue weighted by Gasteiger charge is 2.53. The summed E-state index contributed by atoms with van der Waals surface area (Å²) in [5.41, 5.74) is 0.620. The van der Waals surface area contributed by atoms with Gasteiger partial charge in [-0.1, -0.05) is 0 Å². The van der Waals surface area contributed by atoms with E-state index in [2.05, 4.69) is 0 Å². The molecule has 0 N–H and O–H groups in total. The van der Waals surface area contributed by atoms with Crippen LogP contribution in [0.1, 0.15) is 69.6 Å². The number of halogens is 1. The first-order valence-electron chi connectivity index (χ1n) is 9.77. The second kappa shape index (κ2) is 6.06. The Labute approximate surface area is 163 Å². The number of esters is 1. The fourth-order valence-electron chi connectivity index (χ4n) is 6.12. The average Bonchev–Trinajstić information content (AvgIpc) is 2.85.